The van der Waals surface area contributed by atoms with Gasteiger partial charge in [-0.15, -0.1) is 0 Å². The van der Waals surface area contributed by atoms with Crippen molar-refractivity contribution in [3.8, 4) is 0 Å². The quantitative estimate of drug-likeness (QED) is 0.780. The van der Waals surface area contributed by atoms with Gasteiger partial charge in [0, 0.05) is 23.5 Å². The van der Waals surface area contributed by atoms with E-state index in [9.17, 15) is 4.79 Å². The molecule has 1 amide bonds. The maximum atomic E-state index is 12.3. The third-order valence-corrected chi connectivity index (χ3v) is 4.29. The number of rotatable bonds is 3. The second-order valence-electron chi connectivity index (χ2n) is 4.63. The van der Waals surface area contributed by atoms with Crippen LogP contribution in [0.1, 0.15) is 29.8 Å². The summed E-state index contributed by atoms with van der Waals surface area (Å²) >= 11 is 3.44. The van der Waals surface area contributed by atoms with Crippen molar-refractivity contribution in [2.24, 2.45) is 0 Å². The molecule has 3 heteroatoms. The third kappa shape index (κ3) is 2.64. The molecular formula is C13H18BrNO. The topological polar surface area (TPSA) is 20.3 Å². The van der Waals surface area contributed by atoms with Gasteiger partial charge in [0.15, 0.2) is 0 Å². The SMILES string of the molecule is Cc1ccccc1C(=O)N(C)C(C)(C)CBr. The first-order valence-electron chi connectivity index (χ1n) is 5.30. The standard InChI is InChI=1S/C13H18BrNO/c1-10-7-5-6-8-11(10)12(16)15(4)13(2,3)9-14/h5-8H,9H2,1-4H3. The number of aryl methyl sites for hydroxylation is 1. The zero-order chi connectivity index (χ0) is 12.3. The molecule has 0 heterocycles. The molecule has 1 aromatic carbocycles. The molecule has 0 aromatic heterocycles. The molecular weight excluding hydrogens is 266 g/mol. The number of hydrogen-bond donors (Lipinski definition) is 0. The van der Waals surface area contributed by atoms with Crippen molar-refractivity contribution >= 4 is 21.8 Å². The maximum Gasteiger partial charge on any atom is 0.254 e. The van der Waals surface area contributed by atoms with Crippen LogP contribution in [0.25, 0.3) is 0 Å². The predicted molar refractivity (Wildman–Crippen MR) is 71.1 cm³/mol. The number of benzene rings is 1. The average molecular weight is 284 g/mol. The zero-order valence-electron chi connectivity index (χ0n) is 10.2. The molecule has 0 aliphatic rings. The maximum absolute atomic E-state index is 12.3. The van der Waals surface area contributed by atoms with Crippen LogP contribution in [0.3, 0.4) is 0 Å². The van der Waals surface area contributed by atoms with Crippen molar-refractivity contribution in [2.75, 3.05) is 12.4 Å². The normalized spacial score (nSPS) is 11.3. The summed E-state index contributed by atoms with van der Waals surface area (Å²) in [6, 6.07) is 7.68. The highest BCUT2D eigenvalue weighted by atomic mass is 79.9. The summed E-state index contributed by atoms with van der Waals surface area (Å²) in [5.41, 5.74) is 1.61. The molecule has 0 bridgehead atoms. The molecule has 0 N–H and O–H groups in total. The number of amides is 1. The van der Waals surface area contributed by atoms with Crippen molar-refractivity contribution in [2.45, 2.75) is 26.3 Å². The average Bonchev–Trinajstić information content (AvgIpc) is 2.27. The number of carbonyl (C=O) groups excluding carboxylic acids is 1. The molecule has 0 saturated heterocycles. The van der Waals surface area contributed by atoms with Gasteiger partial charge < -0.3 is 4.90 Å². The molecule has 0 aliphatic heterocycles. The Balaban J connectivity index is 3.00. The van der Waals surface area contributed by atoms with Crippen LogP contribution in [-0.2, 0) is 0 Å². The van der Waals surface area contributed by atoms with E-state index >= 15 is 0 Å². The van der Waals surface area contributed by atoms with Gasteiger partial charge in [0.05, 0.1) is 0 Å². The Labute approximate surface area is 106 Å². The highest BCUT2D eigenvalue weighted by Gasteiger charge is 2.27. The van der Waals surface area contributed by atoms with Gasteiger partial charge in [-0.2, -0.15) is 0 Å². The second kappa shape index (κ2) is 5.00. The van der Waals surface area contributed by atoms with E-state index in [1.807, 2.05) is 52.1 Å². The predicted octanol–water partition coefficient (Wildman–Crippen LogP) is 3.24. The first-order valence-corrected chi connectivity index (χ1v) is 6.42. The third-order valence-electron chi connectivity index (χ3n) is 2.92. The molecule has 0 atom stereocenters. The van der Waals surface area contributed by atoms with Crippen LogP contribution in [0, 0.1) is 6.92 Å². The Bertz CT molecular complexity index is 387. The van der Waals surface area contributed by atoms with E-state index in [1.54, 1.807) is 4.90 Å². The molecule has 0 aliphatic carbocycles. The number of nitrogens with zero attached hydrogens (tertiary/aromatic N) is 1. The van der Waals surface area contributed by atoms with Crippen molar-refractivity contribution in [3.05, 3.63) is 35.4 Å². The fourth-order valence-corrected chi connectivity index (χ4v) is 1.73. The van der Waals surface area contributed by atoms with Crippen molar-refractivity contribution < 1.29 is 4.79 Å². The number of halogens is 1. The molecule has 0 spiro atoms. The van der Waals surface area contributed by atoms with Crippen LogP contribution >= 0.6 is 15.9 Å². The Hall–Kier alpha value is -0.830. The Morgan fingerprint density at radius 2 is 1.94 bits per heavy atom. The largest absolute Gasteiger partial charge is 0.336 e. The van der Waals surface area contributed by atoms with Crippen LogP contribution in [0.4, 0.5) is 0 Å². The molecule has 0 fully saturated rings. The Morgan fingerprint density at radius 3 is 2.44 bits per heavy atom. The number of hydrogen-bond acceptors (Lipinski definition) is 1. The molecule has 88 valence electrons. The van der Waals surface area contributed by atoms with E-state index in [0.29, 0.717) is 0 Å². The van der Waals surface area contributed by atoms with Gasteiger partial charge in [-0.3, -0.25) is 4.79 Å². The van der Waals surface area contributed by atoms with Crippen LogP contribution in [0.5, 0.6) is 0 Å². The monoisotopic (exact) mass is 283 g/mol. The second-order valence-corrected chi connectivity index (χ2v) is 5.19. The number of alkyl halides is 1. The van der Waals surface area contributed by atoms with Crippen molar-refractivity contribution in [1.29, 1.82) is 0 Å². The zero-order valence-corrected chi connectivity index (χ0v) is 11.8. The van der Waals surface area contributed by atoms with Gasteiger partial charge in [0.2, 0.25) is 0 Å². The van der Waals surface area contributed by atoms with E-state index in [0.717, 1.165) is 16.5 Å². The first kappa shape index (κ1) is 13.2. The van der Waals surface area contributed by atoms with Gasteiger partial charge in [-0.25, -0.2) is 0 Å². The van der Waals surface area contributed by atoms with E-state index in [4.69, 9.17) is 0 Å². The van der Waals surface area contributed by atoms with E-state index in [1.165, 1.54) is 0 Å². The fraction of sp³-hybridized carbons (Fsp3) is 0.462. The van der Waals surface area contributed by atoms with E-state index in [-0.39, 0.29) is 11.4 Å². The van der Waals surface area contributed by atoms with Crippen LogP contribution in [0.2, 0.25) is 0 Å². The summed E-state index contributed by atoms with van der Waals surface area (Å²) in [4.78, 5) is 14.1. The van der Waals surface area contributed by atoms with Gasteiger partial charge >= 0.3 is 0 Å². The molecule has 1 rings (SSSR count). The molecule has 0 radical (unpaired) electrons. The highest BCUT2D eigenvalue weighted by Crippen LogP contribution is 2.19. The molecule has 16 heavy (non-hydrogen) atoms. The summed E-state index contributed by atoms with van der Waals surface area (Å²) in [6.45, 7) is 6.04. The van der Waals surface area contributed by atoms with Gasteiger partial charge in [-0.05, 0) is 32.4 Å². The lowest BCUT2D eigenvalue weighted by Crippen LogP contribution is -2.46. The van der Waals surface area contributed by atoms with Gasteiger partial charge in [0.25, 0.3) is 5.91 Å². The van der Waals surface area contributed by atoms with Crippen molar-refractivity contribution in [1.82, 2.24) is 4.90 Å². The summed E-state index contributed by atoms with van der Waals surface area (Å²) in [5.74, 6) is 0.0718. The van der Waals surface area contributed by atoms with Gasteiger partial charge in [0.1, 0.15) is 0 Å². The lowest BCUT2D eigenvalue weighted by Gasteiger charge is -2.34. The minimum atomic E-state index is -0.181. The fourth-order valence-electron chi connectivity index (χ4n) is 1.36. The van der Waals surface area contributed by atoms with Crippen LogP contribution in [0.15, 0.2) is 24.3 Å². The van der Waals surface area contributed by atoms with Crippen LogP contribution in [-0.4, -0.2) is 28.7 Å². The highest BCUT2D eigenvalue weighted by molar-refractivity contribution is 9.09. The summed E-state index contributed by atoms with van der Waals surface area (Å²) in [7, 11) is 1.84. The smallest absolute Gasteiger partial charge is 0.254 e. The molecule has 0 unspecified atom stereocenters. The lowest BCUT2D eigenvalue weighted by atomic mass is 10.0. The molecule has 0 saturated carbocycles. The van der Waals surface area contributed by atoms with E-state index < -0.39 is 0 Å². The minimum absolute atomic E-state index is 0.0718. The van der Waals surface area contributed by atoms with Crippen molar-refractivity contribution in [3.63, 3.8) is 0 Å². The number of carbonyl (C=O) groups is 1. The summed E-state index contributed by atoms with van der Waals surface area (Å²) < 4.78 is 0. The first-order chi connectivity index (χ1) is 7.40. The summed E-state index contributed by atoms with van der Waals surface area (Å²) in [6.07, 6.45) is 0. The molecule has 1 aromatic rings. The summed E-state index contributed by atoms with van der Waals surface area (Å²) in [5, 5.41) is 0.758. The minimum Gasteiger partial charge on any atom is -0.336 e. The Morgan fingerprint density at radius 1 is 1.38 bits per heavy atom. The molecule has 2 nitrogen and oxygen atoms in total. The van der Waals surface area contributed by atoms with Gasteiger partial charge in [-0.1, -0.05) is 34.1 Å². The lowest BCUT2D eigenvalue weighted by molar-refractivity contribution is 0.0663. The Kier molecular flexibility index (Phi) is 4.14. The van der Waals surface area contributed by atoms with E-state index in [2.05, 4.69) is 15.9 Å². The van der Waals surface area contributed by atoms with Crippen LogP contribution < -0.4 is 0 Å².